The molecular weight excluding hydrogens is 382 g/mol. The van der Waals surface area contributed by atoms with Gasteiger partial charge < -0.3 is 10.6 Å². The van der Waals surface area contributed by atoms with Crippen LogP contribution >= 0.6 is 11.8 Å². The van der Waals surface area contributed by atoms with Crippen molar-refractivity contribution in [1.29, 1.82) is 0 Å². The lowest BCUT2D eigenvalue weighted by Crippen LogP contribution is -2.26. The molecule has 0 fully saturated rings. The molecule has 0 aliphatic carbocycles. The first-order chi connectivity index (χ1) is 13.6. The minimum Gasteiger partial charge on any atom is -0.355 e. The molecule has 1 aromatic heterocycles. The van der Waals surface area contributed by atoms with Crippen molar-refractivity contribution in [3.8, 4) is 0 Å². The van der Waals surface area contributed by atoms with E-state index in [1.807, 2.05) is 24.3 Å². The molecule has 0 saturated heterocycles. The Morgan fingerprint density at radius 1 is 1.11 bits per heavy atom. The second kappa shape index (κ2) is 9.45. The molecule has 2 aromatic carbocycles. The van der Waals surface area contributed by atoms with Crippen molar-refractivity contribution < 1.29 is 13.6 Å². The number of hydrogen-bond acceptors (Lipinski definition) is 5. The molecule has 8 heteroatoms. The maximum atomic E-state index is 13.5. The van der Waals surface area contributed by atoms with E-state index in [0.717, 1.165) is 30.4 Å². The van der Waals surface area contributed by atoms with Crippen molar-refractivity contribution in [3.63, 3.8) is 0 Å². The normalized spacial score (nSPS) is 10.8. The minimum atomic E-state index is -0.943. The van der Waals surface area contributed by atoms with E-state index in [1.165, 1.54) is 17.8 Å². The number of halogens is 2. The van der Waals surface area contributed by atoms with Crippen LogP contribution in [0.3, 0.4) is 0 Å². The number of anilines is 2. The molecule has 0 aliphatic heterocycles. The highest BCUT2D eigenvalue weighted by atomic mass is 32.2. The average molecular weight is 402 g/mol. The molecule has 3 aromatic rings. The maximum Gasteiger partial charge on any atom is 0.230 e. The molecule has 1 amide bonds. The van der Waals surface area contributed by atoms with E-state index < -0.39 is 11.6 Å². The van der Waals surface area contributed by atoms with Gasteiger partial charge in [0.1, 0.15) is 5.82 Å². The van der Waals surface area contributed by atoms with E-state index in [2.05, 4.69) is 27.5 Å². The number of nitrogens with zero attached hydrogens (tertiary/aromatic N) is 2. The molecule has 28 heavy (non-hydrogen) atoms. The molecule has 0 radical (unpaired) electrons. The SMILES string of the molecule is CCCCNC(=O)CSc1nc(Nc2ccc(F)c(F)c2)c2ccccc2n1. The summed E-state index contributed by atoms with van der Waals surface area (Å²) in [5.74, 6) is -1.27. The Hall–Kier alpha value is -2.74. The fourth-order valence-corrected chi connectivity index (χ4v) is 3.19. The Bertz CT molecular complexity index is 984. The standard InChI is InChI=1S/C20H20F2N4OS/c1-2-3-10-23-18(27)12-28-20-25-17-7-5-4-6-14(17)19(26-20)24-13-8-9-15(21)16(22)11-13/h4-9,11H,2-3,10,12H2,1H3,(H,23,27)(H,24,25,26). The highest BCUT2D eigenvalue weighted by molar-refractivity contribution is 7.99. The summed E-state index contributed by atoms with van der Waals surface area (Å²) in [6.07, 6.45) is 1.95. The monoisotopic (exact) mass is 402 g/mol. The zero-order valence-electron chi connectivity index (χ0n) is 15.3. The number of fused-ring (bicyclic) bond motifs is 1. The van der Waals surface area contributed by atoms with Crippen molar-refractivity contribution in [3.05, 3.63) is 54.1 Å². The number of aromatic nitrogens is 2. The highest BCUT2D eigenvalue weighted by Crippen LogP contribution is 2.27. The highest BCUT2D eigenvalue weighted by Gasteiger charge is 2.11. The molecule has 5 nitrogen and oxygen atoms in total. The second-order valence-corrected chi connectivity index (χ2v) is 7.06. The van der Waals surface area contributed by atoms with Crippen molar-refractivity contribution in [2.24, 2.45) is 0 Å². The van der Waals surface area contributed by atoms with Crippen molar-refractivity contribution in [1.82, 2.24) is 15.3 Å². The maximum absolute atomic E-state index is 13.5. The van der Waals surface area contributed by atoms with E-state index in [1.54, 1.807) is 0 Å². The number of unbranched alkanes of at least 4 members (excludes halogenated alkanes) is 1. The van der Waals surface area contributed by atoms with Gasteiger partial charge in [-0.1, -0.05) is 37.2 Å². The molecule has 146 valence electrons. The number of amides is 1. The average Bonchev–Trinajstić information content (AvgIpc) is 2.69. The van der Waals surface area contributed by atoms with Crippen molar-refractivity contribution in [2.45, 2.75) is 24.9 Å². The van der Waals surface area contributed by atoms with Gasteiger partial charge in [0.05, 0.1) is 11.3 Å². The lowest BCUT2D eigenvalue weighted by atomic mass is 10.2. The first kappa shape index (κ1) is 20.0. The predicted molar refractivity (Wildman–Crippen MR) is 108 cm³/mol. The number of para-hydroxylation sites is 1. The zero-order valence-corrected chi connectivity index (χ0v) is 16.2. The fraction of sp³-hybridized carbons (Fsp3) is 0.250. The number of thioether (sulfide) groups is 1. The Balaban J connectivity index is 1.81. The molecular formula is C20H20F2N4OS. The third-order valence-electron chi connectivity index (χ3n) is 3.95. The molecule has 3 rings (SSSR count). The Morgan fingerprint density at radius 3 is 2.71 bits per heavy atom. The molecule has 0 unspecified atom stereocenters. The van der Waals surface area contributed by atoms with Crippen LogP contribution in [0.1, 0.15) is 19.8 Å². The number of benzene rings is 2. The number of nitrogens with one attached hydrogen (secondary N) is 2. The summed E-state index contributed by atoms with van der Waals surface area (Å²) in [6, 6.07) is 10.9. The summed E-state index contributed by atoms with van der Waals surface area (Å²) in [5, 5.41) is 7.03. The van der Waals surface area contributed by atoms with Gasteiger partial charge in [-0.05, 0) is 30.7 Å². The van der Waals surface area contributed by atoms with Crippen LogP contribution in [0.25, 0.3) is 10.9 Å². The number of carbonyl (C=O) groups excluding carboxylic acids is 1. The first-order valence-corrected chi connectivity index (χ1v) is 9.93. The van der Waals surface area contributed by atoms with Gasteiger partial charge in [0.2, 0.25) is 5.91 Å². The van der Waals surface area contributed by atoms with Crippen LogP contribution < -0.4 is 10.6 Å². The van der Waals surface area contributed by atoms with Crippen molar-refractivity contribution >= 4 is 40.1 Å². The van der Waals surface area contributed by atoms with Crippen LogP contribution in [0.15, 0.2) is 47.6 Å². The van der Waals surface area contributed by atoms with E-state index in [4.69, 9.17) is 0 Å². The van der Waals surface area contributed by atoms with Crippen LogP contribution in [0.4, 0.5) is 20.3 Å². The van der Waals surface area contributed by atoms with E-state index >= 15 is 0 Å². The lowest BCUT2D eigenvalue weighted by Gasteiger charge is -2.11. The molecule has 0 aliphatic rings. The van der Waals surface area contributed by atoms with Crippen LogP contribution in [-0.4, -0.2) is 28.2 Å². The summed E-state index contributed by atoms with van der Waals surface area (Å²) in [6.45, 7) is 2.71. The first-order valence-electron chi connectivity index (χ1n) is 8.95. The van der Waals surface area contributed by atoms with Crippen LogP contribution in [-0.2, 0) is 4.79 Å². The Labute approximate surface area is 166 Å². The van der Waals surface area contributed by atoms with Crippen LogP contribution in [0, 0.1) is 11.6 Å². The van der Waals surface area contributed by atoms with Gasteiger partial charge in [-0.15, -0.1) is 0 Å². The Kier molecular flexibility index (Phi) is 6.76. The largest absolute Gasteiger partial charge is 0.355 e. The van der Waals surface area contributed by atoms with Crippen LogP contribution in [0.5, 0.6) is 0 Å². The van der Waals surface area contributed by atoms with Gasteiger partial charge in [-0.25, -0.2) is 18.7 Å². The molecule has 0 atom stereocenters. The summed E-state index contributed by atoms with van der Waals surface area (Å²) >= 11 is 1.22. The molecule has 0 saturated carbocycles. The topological polar surface area (TPSA) is 66.9 Å². The minimum absolute atomic E-state index is 0.0784. The van der Waals surface area contributed by atoms with E-state index in [-0.39, 0.29) is 11.7 Å². The fourth-order valence-electron chi connectivity index (χ4n) is 2.51. The third-order valence-corrected chi connectivity index (χ3v) is 4.80. The molecule has 2 N–H and O–H groups in total. The molecule has 1 heterocycles. The van der Waals surface area contributed by atoms with Gasteiger partial charge in [-0.2, -0.15) is 0 Å². The van der Waals surface area contributed by atoms with Gasteiger partial charge in [0, 0.05) is 23.7 Å². The van der Waals surface area contributed by atoms with E-state index in [9.17, 15) is 13.6 Å². The van der Waals surface area contributed by atoms with Gasteiger partial charge >= 0.3 is 0 Å². The quantitative estimate of drug-likeness (QED) is 0.326. The number of hydrogen-bond donors (Lipinski definition) is 2. The molecule has 0 spiro atoms. The molecule has 0 bridgehead atoms. The smallest absolute Gasteiger partial charge is 0.230 e. The van der Waals surface area contributed by atoms with Gasteiger partial charge in [0.15, 0.2) is 16.8 Å². The summed E-state index contributed by atoms with van der Waals surface area (Å²) in [4.78, 5) is 20.9. The van der Waals surface area contributed by atoms with Crippen LogP contribution in [0.2, 0.25) is 0 Å². The summed E-state index contributed by atoms with van der Waals surface area (Å²) < 4.78 is 26.7. The lowest BCUT2D eigenvalue weighted by molar-refractivity contribution is -0.118. The Morgan fingerprint density at radius 2 is 1.93 bits per heavy atom. The third kappa shape index (κ3) is 5.16. The summed E-state index contributed by atoms with van der Waals surface area (Å²) in [7, 11) is 0. The number of carbonyl (C=O) groups is 1. The second-order valence-electron chi connectivity index (χ2n) is 6.12. The summed E-state index contributed by atoms with van der Waals surface area (Å²) in [5.41, 5.74) is 1.06. The number of rotatable bonds is 8. The van der Waals surface area contributed by atoms with Crippen molar-refractivity contribution in [2.75, 3.05) is 17.6 Å². The zero-order chi connectivity index (χ0) is 19.9. The predicted octanol–water partition coefficient (Wildman–Crippen LogP) is 4.66. The van der Waals surface area contributed by atoms with E-state index in [0.29, 0.717) is 28.7 Å². The van der Waals surface area contributed by atoms with Gasteiger partial charge in [0.25, 0.3) is 0 Å². The van der Waals surface area contributed by atoms with Gasteiger partial charge in [-0.3, -0.25) is 4.79 Å².